The molecule has 1 fully saturated rings. The monoisotopic (exact) mass is 519 g/mol. The van der Waals surface area contributed by atoms with Crippen LogP contribution in [0.25, 0.3) is 0 Å². The third kappa shape index (κ3) is 5.90. The number of carbonyl (C=O) groups is 1. The van der Waals surface area contributed by atoms with Gasteiger partial charge in [0, 0.05) is 41.6 Å². The van der Waals surface area contributed by atoms with Gasteiger partial charge in [-0.15, -0.1) is 0 Å². The van der Waals surface area contributed by atoms with Gasteiger partial charge in [0.05, 0.1) is 23.2 Å². The zero-order chi connectivity index (χ0) is 23.4. The fourth-order valence-corrected chi connectivity index (χ4v) is 5.09. The molecule has 4 nitrogen and oxygen atoms in total. The molecule has 8 heteroatoms. The van der Waals surface area contributed by atoms with E-state index in [1.807, 2.05) is 71.8 Å². The molecule has 33 heavy (non-hydrogen) atoms. The predicted molar refractivity (Wildman–Crippen MR) is 142 cm³/mol. The second kappa shape index (κ2) is 10.9. The molecule has 0 saturated carbocycles. The molecule has 1 heterocycles. The van der Waals surface area contributed by atoms with Crippen molar-refractivity contribution in [2.24, 2.45) is 0 Å². The molecule has 0 spiro atoms. The lowest BCUT2D eigenvalue weighted by atomic mass is 10.0. The summed E-state index contributed by atoms with van der Waals surface area (Å²) >= 11 is 20.3. The summed E-state index contributed by atoms with van der Waals surface area (Å²) in [5.41, 5.74) is 4.01. The van der Waals surface area contributed by atoms with Crippen molar-refractivity contribution in [3.63, 3.8) is 0 Å². The third-order valence-corrected chi connectivity index (χ3v) is 6.97. The number of halogens is 3. The van der Waals surface area contributed by atoms with Gasteiger partial charge >= 0.3 is 0 Å². The second-order valence-corrected chi connectivity index (χ2v) is 9.77. The van der Waals surface area contributed by atoms with Crippen molar-refractivity contribution in [1.82, 2.24) is 4.90 Å². The Balaban J connectivity index is 1.55. The molecule has 1 atom stereocenters. The first-order chi connectivity index (χ1) is 15.9. The van der Waals surface area contributed by atoms with E-state index in [0.29, 0.717) is 41.1 Å². The van der Waals surface area contributed by atoms with E-state index < -0.39 is 0 Å². The zero-order valence-corrected chi connectivity index (χ0v) is 21.2. The van der Waals surface area contributed by atoms with Crippen LogP contribution in [0, 0.1) is 0 Å². The molecule has 3 aromatic carbocycles. The highest BCUT2D eigenvalue weighted by molar-refractivity contribution is 7.99. The molecular weight excluding hydrogens is 497 g/mol. The highest BCUT2D eigenvalue weighted by atomic mass is 35.5. The van der Waals surface area contributed by atoms with E-state index in [1.165, 1.54) is 0 Å². The Kier molecular flexibility index (Phi) is 7.97. The van der Waals surface area contributed by atoms with Crippen molar-refractivity contribution >= 4 is 64.0 Å². The summed E-state index contributed by atoms with van der Waals surface area (Å²) in [6, 6.07) is 21.2. The maximum Gasteiger partial charge on any atom is 0.227 e. The van der Waals surface area contributed by atoms with Crippen LogP contribution in [0.1, 0.15) is 17.2 Å². The molecule has 172 valence electrons. The number of benzene rings is 3. The van der Waals surface area contributed by atoms with Crippen LogP contribution in [0.15, 0.2) is 66.7 Å². The van der Waals surface area contributed by atoms with Gasteiger partial charge < -0.3 is 14.5 Å². The number of hydrogen-bond donors (Lipinski definition) is 1. The van der Waals surface area contributed by atoms with Crippen molar-refractivity contribution in [2.45, 2.75) is 12.5 Å². The van der Waals surface area contributed by atoms with Gasteiger partial charge in [-0.05, 0) is 53.6 Å². The maximum absolute atomic E-state index is 13.2. The highest BCUT2D eigenvalue weighted by Crippen LogP contribution is 2.37. The normalized spacial score (nSPS) is 16.1. The van der Waals surface area contributed by atoms with Crippen LogP contribution < -0.4 is 9.62 Å². The average molecular weight is 521 g/mol. The molecule has 1 unspecified atom stereocenters. The summed E-state index contributed by atoms with van der Waals surface area (Å²) in [6.07, 6.45) is 2.35. The fourth-order valence-electron chi connectivity index (χ4n) is 4.08. The van der Waals surface area contributed by atoms with E-state index in [0.717, 1.165) is 22.5 Å². The molecule has 1 saturated heterocycles. The van der Waals surface area contributed by atoms with Crippen LogP contribution in [0.2, 0.25) is 15.1 Å². The second-order valence-electron chi connectivity index (χ2n) is 7.88. The lowest BCUT2D eigenvalue weighted by Gasteiger charge is -2.43. The molecule has 1 N–H and O–H groups in total. The van der Waals surface area contributed by atoms with E-state index in [-0.39, 0.29) is 11.9 Å². The van der Waals surface area contributed by atoms with Gasteiger partial charge in [0.25, 0.3) is 0 Å². The van der Waals surface area contributed by atoms with Crippen molar-refractivity contribution in [1.29, 1.82) is 0 Å². The number of carbonyl (C=O) groups excluding carboxylic acids is 1. The minimum atomic E-state index is -0.0493. The van der Waals surface area contributed by atoms with Gasteiger partial charge in [-0.3, -0.25) is 4.79 Å². The highest BCUT2D eigenvalue weighted by Gasteiger charge is 2.31. The van der Waals surface area contributed by atoms with Crippen molar-refractivity contribution in [3.8, 4) is 0 Å². The SMILES string of the molecule is CSNc1ccc(CC(=O)N2CCN(c3ccc(Cl)cc3Cl)C(c3ccc(Cl)cc3)C2)cc1. The number of amides is 1. The predicted octanol–water partition coefficient (Wildman–Crippen LogP) is 6.97. The zero-order valence-electron chi connectivity index (χ0n) is 18.1. The van der Waals surface area contributed by atoms with Gasteiger partial charge in [0.1, 0.15) is 0 Å². The molecule has 1 aliphatic rings. The van der Waals surface area contributed by atoms with Gasteiger partial charge in [-0.1, -0.05) is 71.0 Å². The lowest BCUT2D eigenvalue weighted by Crippen LogP contribution is -2.51. The molecule has 0 aromatic heterocycles. The summed E-state index contributed by atoms with van der Waals surface area (Å²) in [6.45, 7) is 1.84. The van der Waals surface area contributed by atoms with Crippen LogP contribution in [0.4, 0.5) is 11.4 Å². The number of anilines is 2. The summed E-state index contributed by atoms with van der Waals surface area (Å²) in [7, 11) is 0. The molecule has 3 aromatic rings. The molecular formula is C25H24Cl3N3OS. The summed E-state index contributed by atoms with van der Waals surface area (Å²) in [5.74, 6) is 0.112. The molecule has 4 rings (SSSR count). The molecule has 0 bridgehead atoms. The van der Waals surface area contributed by atoms with Crippen molar-refractivity contribution in [2.75, 3.05) is 35.5 Å². The number of piperazine rings is 1. The molecule has 0 radical (unpaired) electrons. The summed E-state index contributed by atoms with van der Waals surface area (Å²) in [5, 5.41) is 1.87. The maximum atomic E-state index is 13.2. The molecule has 1 amide bonds. The van der Waals surface area contributed by atoms with Crippen LogP contribution in [0.5, 0.6) is 0 Å². The fraction of sp³-hybridized carbons (Fsp3) is 0.240. The largest absolute Gasteiger partial charge is 0.360 e. The number of nitrogens with one attached hydrogen (secondary N) is 1. The van der Waals surface area contributed by atoms with E-state index in [9.17, 15) is 4.79 Å². The summed E-state index contributed by atoms with van der Waals surface area (Å²) in [4.78, 5) is 17.4. The standard InChI is InChI=1S/C25H24Cl3N3OS/c1-33-29-21-9-2-17(3-10-21)14-25(32)30-12-13-31(23-11-8-20(27)15-22(23)28)24(16-30)18-4-6-19(26)7-5-18/h2-11,15,24,29H,12-14,16H2,1H3. The quantitative estimate of drug-likeness (QED) is 0.356. The van der Waals surface area contributed by atoms with Crippen LogP contribution >= 0.6 is 46.8 Å². The van der Waals surface area contributed by atoms with Gasteiger partial charge in [0.2, 0.25) is 5.91 Å². The van der Waals surface area contributed by atoms with Crippen LogP contribution in [0.3, 0.4) is 0 Å². The number of rotatable bonds is 6. The van der Waals surface area contributed by atoms with Gasteiger partial charge in [-0.2, -0.15) is 0 Å². The minimum Gasteiger partial charge on any atom is -0.360 e. The van der Waals surface area contributed by atoms with Gasteiger partial charge in [-0.25, -0.2) is 0 Å². The molecule has 0 aliphatic carbocycles. The Morgan fingerprint density at radius 3 is 2.33 bits per heavy atom. The van der Waals surface area contributed by atoms with E-state index >= 15 is 0 Å². The molecule has 1 aliphatic heterocycles. The van der Waals surface area contributed by atoms with E-state index in [1.54, 1.807) is 18.0 Å². The van der Waals surface area contributed by atoms with Crippen LogP contribution in [-0.2, 0) is 11.2 Å². The topological polar surface area (TPSA) is 35.6 Å². The minimum absolute atomic E-state index is 0.0493. The number of hydrogen-bond acceptors (Lipinski definition) is 4. The first-order valence-electron chi connectivity index (χ1n) is 10.6. The first-order valence-corrected chi connectivity index (χ1v) is 12.9. The van der Waals surface area contributed by atoms with Crippen molar-refractivity contribution in [3.05, 3.63) is 92.9 Å². The van der Waals surface area contributed by atoms with E-state index in [4.69, 9.17) is 34.8 Å². The Morgan fingerprint density at radius 2 is 1.67 bits per heavy atom. The Morgan fingerprint density at radius 1 is 0.970 bits per heavy atom. The Bertz CT molecular complexity index is 1110. The average Bonchev–Trinajstić information content (AvgIpc) is 2.81. The smallest absolute Gasteiger partial charge is 0.227 e. The van der Waals surface area contributed by atoms with E-state index in [2.05, 4.69) is 9.62 Å². The first kappa shape index (κ1) is 24.1. The summed E-state index contributed by atoms with van der Waals surface area (Å²) < 4.78 is 3.20. The lowest BCUT2D eigenvalue weighted by molar-refractivity contribution is -0.131. The third-order valence-electron chi connectivity index (χ3n) is 5.74. The Hall–Kier alpha value is -2.05. The Labute approximate surface area is 213 Å². The van der Waals surface area contributed by atoms with Crippen molar-refractivity contribution < 1.29 is 4.79 Å². The van der Waals surface area contributed by atoms with Gasteiger partial charge in [0.15, 0.2) is 0 Å². The number of nitrogens with zero attached hydrogens (tertiary/aromatic N) is 2. The van der Waals surface area contributed by atoms with Crippen LogP contribution in [-0.4, -0.2) is 36.7 Å².